The highest BCUT2D eigenvalue weighted by molar-refractivity contribution is 5.30. The fraction of sp³-hybridized carbons (Fsp3) is 0.500. The van der Waals surface area contributed by atoms with Crippen molar-refractivity contribution in [3.8, 4) is 0 Å². The highest BCUT2D eigenvalue weighted by atomic mass is 14.6. The molecule has 2 heteroatoms. The average Bonchev–Trinajstić information content (AvgIpc) is 2.17. The average molecular weight is 192 g/mol. The molecule has 0 radical (unpaired) electrons. The van der Waals surface area contributed by atoms with Crippen molar-refractivity contribution in [2.24, 2.45) is 17.4 Å². The zero-order valence-electron chi connectivity index (χ0n) is 9.09. The zero-order chi connectivity index (χ0) is 10.6. The highest BCUT2D eigenvalue weighted by Crippen LogP contribution is 2.14. The molecule has 0 aliphatic carbocycles. The summed E-state index contributed by atoms with van der Waals surface area (Å²) in [5.41, 5.74) is 15.3. The molecule has 4 N–H and O–H groups in total. The van der Waals surface area contributed by atoms with Crippen LogP contribution in [0.3, 0.4) is 0 Å². The van der Waals surface area contributed by atoms with Crippen LogP contribution >= 0.6 is 0 Å². The maximum absolute atomic E-state index is 5.63. The number of hydrogen-bond acceptors (Lipinski definition) is 2. The second-order valence-electron chi connectivity index (χ2n) is 3.97. The van der Waals surface area contributed by atoms with E-state index in [9.17, 15) is 0 Å². The number of benzene rings is 1. The van der Waals surface area contributed by atoms with Gasteiger partial charge in [-0.3, -0.25) is 0 Å². The zero-order valence-corrected chi connectivity index (χ0v) is 9.09. The Bertz CT molecular complexity index is 290. The Labute approximate surface area is 86.3 Å². The lowest BCUT2D eigenvalue weighted by molar-refractivity contribution is 0.547. The fourth-order valence-electron chi connectivity index (χ4n) is 1.65. The summed E-state index contributed by atoms with van der Waals surface area (Å²) < 4.78 is 0. The van der Waals surface area contributed by atoms with Gasteiger partial charge in [-0.2, -0.15) is 0 Å². The van der Waals surface area contributed by atoms with Crippen LogP contribution in [0, 0.1) is 19.8 Å². The smallest absolute Gasteiger partial charge is 0.00336 e. The topological polar surface area (TPSA) is 52.0 Å². The van der Waals surface area contributed by atoms with Gasteiger partial charge >= 0.3 is 0 Å². The van der Waals surface area contributed by atoms with Gasteiger partial charge in [0.2, 0.25) is 0 Å². The van der Waals surface area contributed by atoms with E-state index >= 15 is 0 Å². The minimum absolute atomic E-state index is 0.413. The number of rotatable bonds is 4. The lowest BCUT2D eigenvalue weighted by Crippen LogP contribution is -2.25. The molecule has 0 spiro atoms. The van der Waals surface area contributed by atoms with Gasteiger partial charge in [-0.1, -0.05) is 23.8 Å². The van der Waals surface area contributed by atoms with Crippen molar-refractivity contribution in [3.63, 3.8) is 0 Å². The molecule has 0 bridgehead atoms. The summed E-state index contributed by atoms with van der Waals surface area (Å²) in [4.78, 5) is 0. The SMILES string of the molecule is Cc1ccc(CC(CN)CN)c(C)c1. The van der Waals surface area contributed by atoms with Gasteiger partial charge in [0.1, 0.15) is 0 Å². The van der Waals surface area contributed by atoms with Crippen molar-refractivity contribution >= 4 is 0 Å². The quantitative estimate of drug-likeness (QED) is 0.757. The van der Waals surface area contributed by atoms with Crippen molar-refractivity contribution in [3.05, 3.63) is 34.9 Å². The molecule has 2 nitrogen and oxygen atoms in total. The first-order chi connectivity index (χ1) is 6.67. The van der Waals surface area contributed by atoms with Crippen LogP contribution in [-0.4, -0.2) is 13.1 Å². The molecule has 0 saturated heterocycles. The summed E-state index contributed by atoms with van der Waals surface area (Å²) in [5.74, 6) is 0.413. The largest absolute Gasteiger partial charge is 0.330 e. The van der Waals surface area contributed by atoms with Crippen LogP contribution < -0.4 is 11.5 Å². The van der Waals surface area contributed by atoms with Crippen molar-refractivity contribution in [2.75, 3.05) is 13.1 Å². The van der Waals surface area contributed by atoms with Gasteiger partial charge in [-0.15, -0.1) is 0 Å². The first-order valence-corrected chi connectivity index (χ1v) is 5.13. The molecule has 1 rings (SSSR count). The van der Waals surface area contributed by atoms with E-state index in [0.29, 0.717) is 19.0 Å². The van der Waals surface area contributed by atoms with Crippen LogP contribution in [0.1, 0.15) is 16.7 Å². The van der Waals surface area contributed by atoms with Crippen molar-refractivity contribution in [2.45, 2.75) is 20.3 Å². The van der Waals surface area contributed by atoms with Gasteiger partial charge in [0.25, 0.3) is 0 Å². The van der Waals surface area contributed by atoms with E-state index in [2.05, 4.69) is 32.0 Å². The molecule has 0 aromatic heterocycles. The first-order valence-electron chi connectivity index (χ1n) is 5.13. The molecule has 0 fully saturated rings. The molecule has 78 valence electrons. The second-order valence-corrected chi connectivity index (χ2v) is 3.97. The Kier molecular flexibility index (Phi) is 4.11. The monoisotopic (exact) mass is 192 g/mol. The predicted molar refractivity (Wildman–Crippen MR) is 61.2 cm³/mol. The molecule has 1 aromatic carbocycles. The Morgan fingerprint density at radius 3 is 2.29 bits per heavy atom. The van der Waals surface area contributed by atoms with Crippen molar-refractivity contribution in [1.29, 1.82) is 0 Å². The minimum atomic E-state index is 0.413. The van der Waals surface area contributed by atoms with Gasteiger partial charge in [0.15, 0.2) is 0 Å². The Hall–Kier alpha value is -0.860. The van der Waals surface area contributed by atoms with Gasteiger partial charge in [-0.25, -0.2) is 0 Å². The number of hydrogen-bond donors (Lipinski definition) is 2. The van der Waals surface area contributed by atoms with Crippen molar-refractivity contribution < 1.29 is 0 Å². The summed E-state index contributed by atoms with van der Waals surface area (Å²) >= 11 is 0. The number of nitrogens with two attached hydrogens (primary N) is 2. The fourth-order valence-corrected chi connectivity index (χ4v) is 1.65. The lowest BCUT2D eigenvalue weighted by Gasteiger charge is -2.14. The molecule has 14 heavy (non-hydrogen) atoms. The van der Waals surface area contributed by atoms with E-state index in [1.54, 1.807) is 0 Å². The molecule has 0 aliphatic heterocycles. The lowest BCUT2D eigenvalue weighted by atomic mass is 9.95. The van der Waals surface area contributed by atoms with Gasteiger partial charge in [0.05, 0.1) is 0 Å². The van der Waals surface area contributed by atoms with E-state index in [1.807, 2.05) is 0 Å². The third-order valence-corrected chi connectivity index (χ3v) is 2.67. The normalized spacial score (nSPS) is 10.9. The third kappa shape index (κ3) is 2.82. The van der Waals surface area contributed by atoms with Crippen LogP contribution in [0.4, 0.5) is 0 Å². The van der Waals surface area contributed by atoms with Crippen LogP contribution in [0.15, 0.2) is 18.2 Å². The molecule has 0 heterocycles. The molecule has 0 atom stereocenters. The maximum Gasteiger partial charge on any atom is -0.00336 e. The first kappa shape index (κ1) is 11.2. The highest BCUT2D eigenvalue weighted by Gasteiger charge is 2.07. The minimum Gasteiger partial charge on any atom is -0.330 e. The summed E-state index contributed by atoms with van der Waals surface area (Å²) in [6.07, 6.45) is 0.999. The maximum atomic E-state index is 5.63. The molecule has 0 amide bonds. The summed E-state index contributed by atoms with van der Waals surface area (Å²) in [7, 11) is 0. The van der Waals surface area contributed by atoms with Crippen LogP contribution in [0.2, 0.25) is 0 Å². The molecule has 1 aromatic rings. The molecule has 0 saturated carbocycles. The van der Waals surface area contributed by atoms with E-state index in [4.69, 9.17) is 11.5 Å². The molecular weight excluding hydrogens is 172 g/mol. The Balaban J connectivity index is 2.76. The Morgan fingerprint density at radius 2 is 1.79 bits per heavy atom. The summed E-state index contributed by atoms with van der Waals surface area (Å²) in [6.45, 7) is 5.60. The van der Waals surface area contributed by atoms with E-state index in [1.165, 1.54) is 16.7 Å². The van der Waals surface area contributed by atoms with E-state index in [0.717, 1.165) is 6.42 Å². The van der Waals surface area contributed by atoms with Crippen LogP contribution in [-0.2, 0) is 6.42 Å². The second kappa shape index (κ2) is 5.13. The standard InChI is InChI=1S/C12H20N2/c1-9-3-4-12(10(2)5-9)6-11(7-13)8-14/h3-5,11H,6-8,13-14H2,1-2H3. The molecule has 0 aliphatic rings. The van der Waals surface area contributed by atoms with Gasteiger partial charge in [-0.05, 0) is 50.4 Å². The molecular formula is C12H20N2. The molecule has 0 unspecified atom stereocenters. The van der Waals surface area contributed by atoms with E-state index in [-0.39, 0.29) is 0 Å². The van der Waals surface area contributed by atoms with Gasteiger partial charge < -0.3 is 11.5 Å². The van der Waals surface area contributed by atoms with E-state index < -0.39 is 0 Å². The van der Waals surface area contributed by atoms with Crippen molar-refractivity contribution in [1.82, 2.24) is 0 Å². The summed E-state index contributed by atoms with van der Waals surface area (Å²) in [6, 6.07) is 6.54. The van der Waals surface area contributed by atoms with Crippen LogP contribution in [0.5, 0.6) is 0 Å². The van der Waals surface area contributed by atoms with Gasteiger partial charge in [0, 0.05) is 0 Å². The predicted octanol–water partition coefficient (Wildman–Crippen LogP) is 1.38. The Morgan fingerprint density at radius 1 is 1.14 bits per heavy atom. The summed E-state index contributed by atoms with van der Waals surface area (Å²) in [5, 5.41) is 0. The van der Waals surface area contributed by atoms with Crippen LogP contribution in [0.25, 0.3) is 0 Å². The third-order valence-electron chi connectivity index (χ3n) is 2.67. The number of aryl methyl sites for hydroxylation is 2.